The molecule has 0 radical (unpaired) electrons. The summed E-state index contributed by atoms with van der Waals surface area (Å²) in [7, 11) is 0. The number of esters is 3. The van der Waals surface area contributed by atoms with Gasteiger partial charge in [0, 0.05) is 25.7 Å². The van der Waals surface area contributed by atoms with Crippen LogP contribution in [0.15, 0.2) is 5.11 Å². The maximum atomic E-state index is 12.1. The van der Waals surface area contributed by atoms with E-state index in [2.05, 4.69) is 15.3 Å². The molecule has 31 heavy (non-hydrogen) atoms. The van der Waals surface area contributed by atoms with Crippen molar-refractivity contribution in [3.05, 3.63) is 10.4 Å². The molecule has 0 spiro atoms. The minimum atomic E-state index is -1.31. The number of ether oxygens (including phenoxy) is 5. The fraction of sp³-hybridized carbons (Fsp3) is 0.778. The summed E-state index contributed by atoms with van der Waals surface area (Å²) in [5.74, 6) is -2.57. The zero-order chi connectivity index (χ0) is 23.8. The molecule has 1 saturated heterocycles. The van der Waals surface area contributed by atoms with E-state index in [9.17, 15) is 19.2 Å². The largest absolute Gasteiger partial charge is 0.463 e. The lowest BCUT2D eigenvalue weighted by atomic mass is 9.95. The maximum absolute atomic E-state index is 12.1. The first-order valence-electron chi connectivity index (χ1n) is 9.45. The molecule has 2 unspecified atom stereocenters. The molecule has 13 heteroatoms. The van der Waals surface area contributed by atoms with Crippen molar-refractivity contribution in [3.8, 4) is 0 Å². The molecule has 0 aromatic heterocycles. The van der Waals surface area contributed by atoms with E-state index in [0.717, 1.165) is 6.92 Å². The van der Waals surface area contributed by atoms with Crippen molar-refractivity contribution < 1.29 is 42.9 Å². The van der Waals surface area contributed by atoms with Crippen LogP contribution < -0.4 is 5.32 Å². The van der Waals surface area contributed by atoms with Crippen molar-refractivity contribution in [2.24, 2.45) is 5.11 Å². The van der Waals surface area contributed by atoms with Crippen molar-refractivity contribution >= 4 is 23.8 Å². The van der Waals surface area contributed by atoms with Gasteiger partial charge in [0.25, 0.3) is 0 Å². The van der Waals surface area contributed by atoms with Crippen LogP contribution in [-0.2, 0) is 42.9 Å². The molecular weight excluding hydrogens is 416 g/mol. The molecule has 0 bridgehead atoms. The quantitative estimate of drug-likeness (QED) is 0.186. The molecule has 0 aromatic rings. The van der Waals surface area contributed by atoms with E-state index >= 15 is 0 Å². The Hall–Kier alpha value is -2.89. The van der Waals surface area contributed by atoms with E-state index in [1.165, 1.54) is 13.8 Å². The smallest absolute Gasteiger partial charge is 0.332 e. The van der Waals surface area contributed by atoms with Gasteiger partial charge >= 0.3 is 17.9 Å². The highest BCUT2D eigenvalue weighted by Gasteiger charge is 2.49. The summed E-state index contributed by atoms with van der Waals surface area (Å²) in [6.07, 6.45) is -4.79. The van der Waals surface area contributed by atoms with Gasteiger partial charge in [0.1, 0.15) is 37.1 Å². The summed E-state index contributed by atoms with van der Waals surface area (Å²) < 4.78 is 26.8. The number of nitrogens with zero attached hydrogens (tertiary/aromatic N) is 3. The lowest BCUT2D eigenvalue weighted by Gasteiger charge is -2.44. The first-order valence-corrected chi connectivity index (χ1v) is 9.45. The van der Waals surface area contributed by atoms with Crippen LogP contribution in [0.4, 0.5) is 0 Å². The number of amides is 1. The number of carbonyl (C=O) groups is 4. The Morgan fingerprint density at radius 1 is 1.10 bits per heavy atom. The van der Waals surface area contributed by atoms with Gasteiger partial charge in [0.05, 0.1) is 0 Å². The molecule has 1 rings (SSSR count). The average molecular weight is 444 g/mol. The summed E-state index contributed by atoms with van der Waals surface area (Å²) >= 11 is 0. The second kappa shape index (κ2) is 11.5. The molecule has 1 amide bonds. The topological polar surface area (TPSA) is 175 Å². The normalized spacial score (nSPS) is 25.5. The first-order chi connectivity index (χ1) is 14.3. The number of azide groups is 1. The number of nitrogens with one attached hydrogen (secondary N) is 1. The number of rotatable bonds is 8. The third-order valence-corrected chi connectivity index (χ3v) is 3.77. The third-order valence-electron chi connectivity index (χ3n) is 3.77. The molecule has 1 aliphatic rings. The highest BCUT2D eigenvalue weighted by molar-refractivity contribution is 5.73. The molecule has 13 nitrogen and oxygen atoms in total. The van der Waals surface area contributed by atoms with E-state index in [-0.39, 0.29) is 6.61 Å². The molecule has 174 valence electrons. The predicted octanol–water partition coefficient (Wildman–Crippen LogP) is 0.748. The summed E-state index contributed by atoms with van der Waals surface area (Å²) in [5, 5.41) is 6.00. The highest BCUT2D eigenvalue weighted by Crippen LogP contribution is 2.28. The van der Waals surface area contributed by atoms with Crippen LogP contribution in [0.1, 0.15) is 41.5 Å². The fourth-order valence-corrected chi connectivity index (χ4v) is 2.86. The zero-order valence-electron chi connectivity index (χ0n) is 18.3. The van der Waals surface area contributed by atoms with Crippen LogP contribution in [0.5, 0.6) is 0 Å². The van der Waals surface area contributed by atoms with Crippen molar-refractivity contribution in [1.82, 2.24) is 5.32 Å². The van der Waals surface area contributed by atoms with Gasteiger partial charge in [-0.2, -0.15) is 0 Å². The lowest BCUT2D eigenvalue weighted by molar-refractivity contribution is -0.226. The lowest BCUT2D eigenvalue weighted by Crippen LogP contribution is -2.65. The minimum Gasteiger partial charge on any atom is -0.463 e. The molecule has 0 aromatic carbocycles. The van der Waals surface area contributed by atoms with E-state index in [4.69, 9.17) is 29.2 Å². The van der Waals surface area contributed by atoms with Gasteiger partial charge in [0.15, 0.2) is 12.3 Å². The van der Waals surface area contributed by atoms with Gasteiger partial charge in [-0.15, -0.1) is 0 Å². The van der Waals surface area contributed by atoms with E-state index in [1.54, 1.807) is 20.8 Å². The van der Waals surface area contributed by atoms with Crippen molar-refractivity contribution in [2.45, 2.75) is 77.7 Å². The molecule has 0 saturated carbocycles. The molecule has 0 aliphatic carbocycles. The Kier molecular flexibility index (Phi) is 9.69. The van der Waals surface area contributed by atoms with Crippen LogP contribution in [0, 0.1) is 0 Å². The summed E-state index contributed by atoms with van der Waals surface area (Å²) in [4.78, 5) is 49.5. The van der Waals surface area contributed by atoms with Gasteiger partial charge in [-0.05, 0) is 26.3 Å². The molecule has 1 fully saturated rings. The number of carbonyl (C=O) groups excluding carboxylic acids is 4. The minimum absolute atomic E-state index is 0.351. The van der Waals surface area contributed by atoms with Gasteiger partial charge in [-0.25, -0.2) is 4.79 Å². The Morgan fingerprint density at radius 2 is 1.74 bits per heavy atom. The van der Waals surface area contributed by atoms with Crippen LogP contribution in [0.25, 0.3) is 10.4 Å². The fourth-order valence-electron chi connectivity index (χ4n) is 2.86. The Balaban J connectivity index is 3.24. The van der Waals surface area contributed by atoms with E-state index in [0.29, 0.717) is 0 Å². The Bertz CT molecular complexity index is 730. The Labute approximate surface area is 179 Å². The van der Waals surface area contributed by atoms with Crippen LogP contribution in [0.2, 0.25) is 0 Å². The SMILES string of the molecule is CC(=O)N[C@H]1C(OC(C)=O)[C@H](OCC(=O)OC(C)(C)C)C(COC(C)=O)O[C@H]1N=[N+]=[N-]. The van der Waals surface area contributed by atoms with Crippen molar-refractivity contribution in [1.29, 1.82) is 0 Å². The third kappa shape index (κ3) is 9.20. The van der Waals surface area contributed by atoms with Gasteiger partial charge in [-0.3, -0.25) is 14.4 Å². The van der Waals surface area contributed by atoms with Gasteiger partial charge in [-0.1, -0.05) is 5.11 Å². The van der Waals surface area contributed by atoms with Gasteiger partial charge in [0.2, 0.25) is 5.91 Å². The number of hydrogen-bond acceptors (Lipinski definition) is 10. The second-order valence-electron chi connectivity index (χ2n) is 7.74. The van der Waals surface area contributed by atoms with Crippen molar-refractivity contribution in [3.63, 3.8) is 0 Å². The molecular formula is C18H28N4O9. The van der Waals surface area contributed by atoms with Crippen LogP contribution in [0.3, 0.4) is 0 Å². The summed E-state index contributed by atoms with van der Waals surface area (Å²) in [5.41, 5.74) is 8.11. The monoisotopic (exact) mass is 444 g/mol. The molecule has 1 N–H and O–H groups in total. The zero-order valence-corrected chi connectivity index (χ0v) is 18.3. The van der Waals surface area contributed by atoms with E-state index in [1.807, 2.05) is 0 Å². The second-order valence-corrected chi connectivity index (χ2v) is 7.74. The predicted molar refractivity (Wildman–Crippen MR) is 103 cm³/mol. The maximum Gasteiger partial charge on any atom is 0.332 e. The molecule has 5 atom stereocenters. The molecule has 1 heterocycles. The van der Waals surface area contributed by atoms with E-state index < -0.39 is 66.6 Å². The van der Waals surface area contributed by atoms with Crippen molar-refractivity contribution in [2.75, 3.05) is 13.2 Å². The van der Waals surface area contributed by atoms with Gasteiger partial charge < -0.3 is 29.0 Å². The Morgan fingerprint density at radius 3 is 2.23 bits per heavy atom. The average Bonchev–Trinajstić information content (AvgIpc) is 2.59. The molecule has 1 aliphatic heterocycles. The number of hydrogen-bond donors (Lipinski definition) is 1. The van der Waals surface area contributed by atoms with Crippen LogP contribution in [-0.4, -0.2) is 73.2 Å². The summed E-state index contributed by atoms with van der Waals surface area (Å²) in [6, 6.07) is -1.13. The van der Waals surface area contributed by atoms with Crippen LogP contribution >= 0.6 is 0 Å². The summed E-state index contributed by atoms with van der Waals surface area (Å²) in [6.45, 7) is 7.66. The standard InChI is InChI=1S/C18H28N4O9/c1-9(23)20-14-16(29-11(3)25)15(28-8-13(26)31-18(4,5)6)12(7-27-10(2)24)30-17(14)21-22-19/h12,14-17H,7-8H2,1-6H3,(H,20,23)/t12?,14-,15+,16?,17+/m0/s1. The highest BCUT2D eigenvalue weighted by atomic mass is 16.6. The first kappa shape index (κ1) is 26.1.